The first kappa shape index (κ1) is 11.8. The van der Waals surface area contributed by atoms with Crippen LogP contribution in [0.15, 0.2) is 30.3 Å². The number of anilines is 1. The Labute approximate surface area is 85.3 Å². The Hall–Kier alpha value is -1.26. The van der Waals surface area contributed by atoms with Gasteiger partial charge in [0.2, 0.25) is 0 Å². The standard InChI is InChI=1S/C10H11F4N/c11-9(12)6-15(7-10(13)14)8-4-2-1-3-5-8/h1-5,9-10H,6-7H2. The number of hydrogen-bond donors (Lipinski definition) is 0. The van der Waals surface area contributed by atoms with E-state index in [9.17, 15) is 17.6 Å². The summed E-state index contributed by atoms with van der Waals surface area (Å²) in [5.41, 5.74) is 0.387. The fraction of sp³-hybridized carbons (Fsp3) is 0.400. The molecule has 1 aromatic carbocycles. The zero-order valence-corrected chi connectivity index (χ0v) is 7.91. The van der Waals surface area contributed by atoms with E-state index in [2.05, 4.69) is 0 Å². The fourth-order valence-corrected chi connectivity index (χ4v) is 1.26. The highest BCUT2D eigenvalue weighted by molar-refractivity contribution is 5.46. The van der Waals surface area contributed by atoms with Crippen LogP contribution in [0.5, 0.6) is 0 Å². The Kier molecular flexibility index (Phi) is 4.39. The van der Waals surface area contributed by atoms with Gasteiger partial charge in [-0.05, 0) is 12.1 Å². The first-order chi connectivity index (χ1) is 7.09. The molecule has 0 unspecified atom stereocenters. The highest BCUT2D eigenvalue weighted by Gasteiger charge is 2.16. The van der Waals surface area contributed by atoms with Crippen molar-refractivity contribution in [1.82, 2.24) is 0 Å². The fourth-order valence-electron chi connectivity index (χ4n) is 1.26. The van der Waals surface area contributed by atoms with E-state index in [-0.39, 0.29) is 0 Å². The van der Waals surface area contributed by atoms with Crippen molar-refractivity contribution in [2.24, 2.45) is 0 Å². The van der Waals surface area contributed by atoms with Gasteiger partial charge in [-0.25, -0.2) is 17.6 Å². The van der Waals surface area contributed by atoms with Crippen LogP contribution in [-0.4, -0.2) is 25.9 Å². The molecule has 0 aromatic heterocycles. The van der Waals surface area contributed by atoms with Gasteiger partial charge in [-0.2, -0.15) is 0 Å². The molecule has 0 saturated carbocycles. The minimum Gasteiger partial charge on any atom is -0.360 e. The summed E-state index contributed by atoms with van der Waals surface area (Å²) >= 11 is 0. The predicted octanol–water partition coefficient (Wildman–Crippen LogP) is 3.02. The van der Waals surface area contributed by atoms with Gasteiger partial charge in [0.05, 0.1) is 13.1 Å². The van der Waals surface area contributed by atoms with E-state index in [1.54, 1.807) is 18.2 Å². The third-order valence-electron chi connectivity index (χ3n) is 1.84. The predicted molar refractivity (Wildman–Crippen MR) is 50.7 cm³/mol. The second-order valence-electron chi connectivity index (χ2n) is 3.02. The number of rotatable bonds is 5. The first-order valence-corrected chi connectivity index (χ1v) is 4.46. The zero-order valence-electron chi connectivity index (χ0n) is 7.91. The highest BCUT2D eigenvalue weighted by Crippen LogP contribution is 2.16. The lowest BCUT2D eigenvalue weighted by Crippen LogP contribution is -2.33. The Morgan fingerprint density at radius 3 is 1.73 bits per heavy atom. The van der Waals surface area contributed by atoms with Gasteiger partial charge in [-0.1, -0.05) is 18.2 Å². The van der Waals surface area contributed by atoms with Crippen LogP contribution in [0.1, 0.15) is 0 Å². The molecule has 1 aromatic rings. The maximum Gasteiger partial charge on any atom is 0.255 e. The largest absolute Gasteiger partial charge is 0.360 e. The van der Waals surface area contributed by atoms with Crippen LogP contribution in [-0.2, 0) is 0 Å². The normalized spacial score (nSPS) is 11.1. The van der Waals surface area contributed by atoms with Crippen molar-refractivity contribution in [3.05, 3.63) is 30.3 Å². The second-order valence-corrected chi connectivity index (χ2v) is 3.02. The van der Waals surface area contributed by atoms with Crippen molar-refractivity contribution in [2.75, 3.05) is 18.0 Å². The zero-order chi connectivity index (χ0) is 11.3. The average molecular weight is 221 g/mol. The molecule has 1 rings (SSSR count). The molecular weight excluding hydrogens is 210 g/mol. The lowest BCUT2D eigenvalue weighted by atomic mass is 10.3. The maximum atomic E-state index is 12.1. The van der Waals surface area contributed by atoms with Crippen LogP contribution in [0, 0.1) is 0 Å². The molecule has 5 heteroatoms. The summed E-state index contributed by atoms with van der Waals surface area (Å²) in [6.07, 6.45) is -5.24. The van der Waals surface area contributed by atoms with Crippen LogP contribution < -0.4 is 4.90 Å². The Morgan fingerprint density at radius 1 is 0.867 bits per heavy atom. The SMILES string of the molecule is FC(F)CN(CC(F)F)c1ccccc1. The number of benzene rings is 1. The first-order valence-electron chi connectivity index (χ1n) is 4.46. The van der Waals surface area contributed by atoms with E-state index in [0.29, 0.717) is 5.69 Å². The molecule has 0 atom stereocenters. The van der Waals surface area contributed by atoms with Crippen LogP contribution in [0.2, 0.25) is 0 Å². The number of alkyl halides is 4. The van der Waals surface area contributed by atoms with Gasteiger partial charge in [0.25, 0.3) is 12.9 Å². The Morgan fingerprint density at radius 2 is 1.33 bits per heavy atom. The molecule has 0 aliphatic heterocycles. The van der Waals surface area contributed by atoms with Gasteiger partial charge in [0.1, 0.15) is 0 Å². The van der Waals surface area contributed by atoms with Gasteiger partial charge in [0, 0.05) is 5.69 Å². The molecule has 0 aliphatic rings. The van der Waals surface area contributed by atoms with E-state index in [1.165, 1.54) is 12.1 Å². The van der Waals surface area contributed by atoms with Gasteiger partial charge < -0.3 is 4.90 Å². The number of halogens is 4. The average Bonchev–Trinajstić information content (AvgIpc) is 2.17. The third kappa shape index (κ3) is 4.18. The third-order valence-corrected chi connectivity index (χ3v) is 1.84. The molecule has 15 heavy (non-hydrogen) atoms. The van der Waals surface area contributed by atoms with Crippen molar-refractivity contribution < 1.29 is 17.6 Å². The summed E-state index contributed by atoms with van der Waals surface area (Å²) in [4.78, 5) is 0.981. The van der Waals surface area contributed by atoms with Crippen molar-refractivity contribution in [2.45, 2.75) is 12.9 Å². The molecule has 0 aliphatic carbocycles. The molecular formula is C10H11F4N. The van der Waals surface area contributed by atoms with E-state index in [0.717, 1.165) is 4.90 Å². The molecule has 0 N–H and O–H groups in total. The quantitative estimate of drug-likeness (QED) is 0.691. The van der Waals surface area contributed by atoms with Crippen molar-refractivity contribution in [1.29, 1.82) is 0 Å². The van der Waals surface area contributed by atoms with Crippen LogP contribution >= 0.6 is 0 Å². The number of nitrogens with zero attached hydrogens (tertiary/aromatic N) is 1. The van der Waals surface area contributed by atoms with Gasteiger partial charge in [-0.15, -0.1) is 0 Å². The molecule has 0 fully saturated rings. The summed E-state index contributed by atoms with van der Waals surface area (Å²) in [5, 5.41) is 0. The molecule has 0 amide bonds. The number of para-hydroxylation sites is 1. The molecule has 1 nitrogen and oxygen atoms in total. The molecule has 0 saturated heterocycles. The van der Waals surface area contributed by atoms with Crippen molar-refractivity contribution in [3.8, 4) is 0 Å². The lowest BCUT2D eigenvalue weighted by molar-refractivity contribution is 0.131. The van der Waals surface area contributed by atoms with Gasteiger partial charge >= 0.3 is 0 Å². The van der Waals surface area contributed by atoms with E-state index in [4.69, 9.17) is 0 Å². The van der Waals surface area contributed by atoms with Crippen LogP contribution in [0.4, 0.5) is 23.2 Å². The summed E-state index contributed by atoms with van der Waals surface area (Å²) in [6, 6.07) is 8.01. The lowest BCUT2D eigenvalue weighted by Gasteiger charge is -2.23. The monoisotopic (exact) mass is 221 g/mol. The maximum absolute atomic E-state index is 12.1. The Balaban J connectivity index is 2.72. The van der Waals surface area contributed by atoms with Gasteiger partial charge in [0.15, 0.2) is 0 Å². The molecule has 0 bridgehead atoms. The summed E-state index contributed by atoms with van der Waals surface area (Å²) in [7, 11) is 0. The molecule has 0 heterocycles. The van der Waals surface area contributed by atoms with Crippen molar-refractivity contribution >= 4 is 5.69 Å². The topological polar surface area (TPSA) is 3.24 Å². The van der Waals surface area contributed by atoms with Crippen LogP contribution in [0.3, 0.4) is 0 Å². The summed E-state index contributed by atoms with van der Waals surface area (Å²) in [5.74, 6) is 0. The summed E-state index contributed by atoms with van der Waals surface area (Å²) in [6.45, 7) is -1.34. The van der Waals surface area contributed by atoms with Gasteiger partial charge in [-0.3, -0.25) is 0 Å². The van der Waals surface area contributed by atoms with E-state index in [1.807, 2.05) is 0 Å². The molecule has 84 valence electrons. The summed E-state index contributed by atoms with van der Waals surface area (Å²) < 4.78 is 48.5. The number of hydrogen-bond acceptors (Lipinski definition) is 1. The van der Waals surface area contributed by atoms with Crippen LogP contribution in [0.25, 0.3) is 0 Å². The van der Waals surface area contributed by atoms with E-state index < -0.39 is 25.9 Å². The highest BCUT2D eigenvalue weighted by atomic mass is 19.3. The molecule has 0 spiro atoms. The Bertz CT molecular complexity index is 266. The second kappa shape index (κ2) is 5.58. The van der Waals surface area contributed by atoms with Crippen molar-refractivity contribution in [3.63, 3.8) is 0 Å². The smallest absolute Gasteiger partial charge is 0.255 e. The molecule has 0 radical (unpaired) electrons. The minimum atomic E-state index is -2.62. The van der Waals surface area contributed by atoms with E-state index >= 15 is 0 Å². The minimum absolute atomic E-state index is 0.387.